The molecule has 3 rings (SSSR count). The number of rotatable bonds is 3. The Kier molecular flexibility index (Phi) is 4.89. The van der Waals surface area contributed by atoms with E-state index in [-0.39, 0.29) is 5.91 Å². The molecule has 0 atom stereocenters. The molecular formula is C16H11BrCl2N4O. The maximum absolute atomic E-state index is 12.4. The van der Waals surface area contributed by atoms with Crippen LogP contribution in [0.4, 0.5) is 0 Å². The molecule has 3 aromatic rings. The third kappa shape index (κ3) is 3.31. The summed E-state index contributed by atoms with van der Waals surface area (Å²) in [7, 11) is 0. The van der Waals surface area contributed by atoms with Crippen molar-refractivity contribution in [1.29, 1.82) is 0 Å². The number of nitrogens with zero attached hydrogens (tertiary/aromatic N) is 3. The van der Waals surface area contributed by atoms with E-state index in [4.69, 9.17) is 23.2 Å². The number of carbonyl (C=O) groups excluding carboxylic acids is 1. The minimum atomic E-state index is -0.377. The molecule has 2 aromatic heterocycles. The van der Waals surface area contributed by atoms with Crippen molar-refractivity contribution < 1.29 is 4.79 Å². The molecule has 0 aliphatic rings. The highest BCUT2D eigenvalue weighted by atomic mass is 79.9. The Balaban J connectivity index is 1.87. The third-order valence-electron chi connectivity index (χ3n) is 3.33. The zero-order valence-electron chi connectivity index (χ0n) is 12.4. The second-order valence-corrected chi connectivity index (χ2v) is 6.69. The van der Waals surface area contributed by atoms with Crippen LogP contribution in [0.5, 0.6) is 0 Å². The number of fused-ring (bicyclic) bond motifs is 1. The van der Waals surface area contributed by atoms with Crippen molar-refractivity contribution >= 4 is 56.9 Å². The van der Waals surface area contributed by atoms with Gasteiger partial charge in [-0.25, -0.2) is 10.4 Å². The Labute approximate surface area is 156 Å². The molecule has 0 aliphatic heterocycles. The number of hydrogen-bond donors (Lipinski definition) is 1. The lowest BCUT2D eigenvalue weighted by molar-refractivity contribution is 0.0948. The highest BCUT2D eigenvalue weighted by Crippen LogP contribution is 2.22. The van der Waals surface area contributed by atoms with Gasteiger partial charge in [-0.15, -0.1) is 0 Å². The van der Waals surface area contributed by atoms with Gasteiger partial charge in [-0.3, -0.25) is 9.20 Å². The fourth-order valence-corrected chi connectivity index (χ4v) is 3.08. The van der Waals surface area contributed by atoms with Crippen LogP contribution in [0.2, 0.25) is 10.0 Å². The standard InChI is InChI=1S/C16H11BrCl2N4O/c1-9-15(23-8-10(17)5-6-14(23)21-9)16(24)22-20-7-11-12(18)3-2-4-13(11)19/h2-8H,1H3,(H,22,24)/b20-7-. The van der Waals surface area contributed by atoms with Gasteiger partial charge in [0.15, 0.2) is 0 Å². The van der Waals surface area contributed by atoms with E-state index < -0.39 is 0 Å². The minimum absolute atomic E-state index is 0.377. The Morgan fingerprint density at radius 3 is 2.71 bits per heavy atom. The van der Waals surface area contributed by atoms with Crippen LogP contribution in [0.15, 0.2) is 46.1 Å². The first-order valence-corrected chi connectivity index (χ1v) is 8.44. The van der Waals surface area contributed by atoms with E-state index in [1.807, 2.05) is 12.1 Å². The molecule has 0 fully saturated rings. The number of halogens is 3. The van der Waals surface area contributed by atoms with Gasteiger partial charge in [-0.05, 0) is 47.1 Å². The minimum Gasteiger partial charge on any atom is -0.294 e. The number of carbonyl (C=O) groups is 1. The maximum atomic E-state index is 12.4. The molecule has 24 heavy (non-hydrogen) atoms. The van der Waals surface area contributed by atoms with E-state index in [2.05, 4.69) is 31.4 Å². The number of imidazole rings is 1. The zero-order chi connectivity index (χ0) is 17.3. The summed E-state index contributed by atoms with van der Waals surface area (Å²) in [6, 6.07) is 8.81. The third-order valence-corrected chi connectivity index (χ3v) is 4.46. The van der Waals surface area contributed by atoms with Crippen LogP contribution in [-0.2, 0) is 0 Å². The smallest absolute Gasteiger partial charge is 0.290 e. The van der Waals surface area contributed by atoms with E-state index in [0.717, 1.165) is 4.47 Å². The van der Waals surface area contributed by atoms with Crippen LogP contribution in [0.1, 0.15) is 21.7 Å². The van der Waals surface area contributed by atoms with Gasteiger partial charge in [0.2, 0.25) is 0 Å². The molecule has 5 nitrogen and oxygen atoms in total. The molecule has 8 heteroatoms. The van der Waals surface area contributed by atoms with Crippen LogP contribution < -0.4 is 5.43 Å². The number of hydrazone groups is 1. The van der Waals surface area contributed by atoms with Crippen molar-refractivity contribution in [1.82, 2.24) is 14.8 Å². The second kappa shape index (κ2) is 6.93. The van der Waals surface area contributed by atoms with Gasteiger partial charge in [0.25, 0.3) is 5.91 Å². The van der Waals surface area contributed by atoms with Gasteiger partial charge in [-0.2, -0.15) is 5.10 Å². The van der Waals surface area contributed by atoms with E-state index in [0.29, 0.717) is 32.6 Å². The number of aryl methyl sites for hydroxylation is 1. The molecule has 2 heterocycles. The van der Waals surface area contributed by atoms with Crippen LogP contribution in [0.25, 0.3) is 5.65 Å². The van der Waals surface area contributed by atoms with Crippen molar-refractivity contribution in [2.45, 2.75) is 6.92 Å². The Bertz CT molecular complexity index is 948. The SMILES string of the molecule is Cc1nc2ccc(Br)cn2c1C(=O)N/N=C\c1c(Cl)cccc1Cl. The molecule has 0 spiro atoms. The molecule has 1 amide bonds. The number of hydrogen-bond acceptors (Lipinski definition) is 3. The van der Waals surface area contributed by atoms with E-state index in [9.17, 15) is 4.79 Å². The lowest BCUT2D eigenvalue weighted by atomic mass is 10.2. The first kappa shape index (κ1) is 17.0. The predicted octanol–water partition coefficient (Wildman–Crippen LogP) is 4.48. The summed E-state index contributed by atoms with van der Waals surface area (Å²) < 4.78 is 2.54. The van der Waals surface area contributed by atoms with Gasteiger partial charge in [0.1, 0.15) is 11.3 Å². The number of amides is 1. The Morgan fingerprint density at radius 2 is 2.00 bits per heavy atom. The average Bonchev–Trinajstić information content (AvgIpc) is 2.85. The van der Waals surface area contributed by atoms with E-state index in [1.54, 1.807) is 35.7 Å². The Morgan fingerprint density at radius 1 is 1.29 bits per heavy atom. The van der Waals surface area contributed by atoms with Crippen molar-refractivity contribution in [3.8, 4) is 0 Å². The molecule has 0 bridgehead atoms. The van der Waals surface area contributed by atoms with Gasteiger partial charge in [-0.1, -0.05) is 29.3 Å². The summed E-state index contributed by atoms with van der Waals surface area (Å²) in [6.45, 7) is 1.77. The van der Waals surface area contributed by atoms with Gasteiger partial charge in [0.05, 0.1) is 22.0 Å². The molecule has 0 saturated carbocycles. The highest BCUT2D eigenvalue weighted by Gasteiger charge is 2.16. The summed E-state index contributed by atoms with van der Waals surface area (Å²) >= 11 is 15.5. The second-order valence-electron chi connectivity index (χ2n) is 4.96. The molecular weight excluding hydrogens is 415 g/mol. The molecule has 0 saturated heterocycles. The summed E-state index contributed by atoms with van der Waals surface area (Å²) in [4.78, 5) is 16.8. The predicted molar refractivity (Wildman–Crippen MR) is 99.2 cm³/mol. The van der Waals surface area contributed by atoms with Gasteiger partial charge in [0, 0.05) is 16.2 Å². The normalized spacial score (nSPS) is 11.3. The fraction of sp³-hybridized carbons (Fsp3) is 0.0625. The van der Waals surface area contributed by atoms with Crippen molar-refractivity contribution in [3.05, 3.63) is 68.0 Å². The summed E-state index contributed by atoms with van der Waals surface area (Å²) in [5.41, 5.74) is 4.72. The summed E-state index contributed by atoms with van der Waals surface area (Å²) in [5.74, 6) is -0.377. The molecule has 0 aliphatic carbocycles. The maximum Gasteiger partial charge on any atom is 0.290 e. The van der Waals surface area contributed by atoms with Crippen LogP contribution in [0.3, 0.4) is 0 Å². The van der Waals surface area contributed by atoms with Crippen molar-refractivity contribution in [2.75, 3.05) is 0 Å². The van der Waals surface area contributed by atoms with Gasteiger partial charge >= 0.3 is 0 Å². The number of benzene rings is 1. The highest BCUT2D eigenvalue weighted by molar-refractivity contribution is 9.10. The van der Waals surface area contributed by atoms with E-state index >= 15 is 0 Å². The summed E-state index contributed by atoms with van der Waals surface area (Å²) in [5, 5.41) is 4.85. The first-order chi connectivity index (χ1) is 11.5. The van der Waals surface area contributed by atoms with Crippen molar-refractivity contribution in [2.24, 2.45) is 5.10 Å². The first-order valence-electron chi connectivity index (χ1n) is 6.89. The van der Waals surface area contributed by atoms with E-state index in [1.165, 1.54) is 6.21 Å². The molecule has 1 aromatic carbocycles. The lowest BCUT2D eigenvalue weighted by Gasteiger charge is -2.03. The molecule has 1 N–H and O–H groups in total. The largest absolute Gasteiger partial charge is 0.294 e. The van der Waals surface area contributed by atoms with Crippen LogP contribution in [0, 0.1) is 6.92 Å². The summed E-state index contributed by atoms with van der Waals surface area (Å²) in [6.07, 6.45) is 3.19. The Hall–Kier alpha value is -1.89. The quantitative estimate of drug-likeness (QED) is 0.496. The lowest BCUT2D eigenvalue weighted by Crippen LogP contribution is -2.20. The fourth-order valence-electron chi connectivity index (χ4n) is 2.25. The monoisotopic (exact) mass is 424 g/mol. The number of nitrogens with one attached hydrogen (secondary N) is 1. The van der Waals surface area contributed by atoms with Gasteiger partial charge < -0.3 is 0 Å². The number of pyridine rings is 1. The molecule has 0 radical (unpaired) electrons. The van der Waals surface area contributed by atoms with Crippen LogP contribution >= 0.6 is 39.1 Å². The topological polar surface area (TPSA) is 58.8 Å². The number of aromatic nitrogens is 2. The van der Waals surface area contributed by atoms with Crippen molar-refractivity contribution in [3.63, 3.8) is 0 Å². The average molecular weight is 426 g/mol. The molecule has 122 valence electrons. The molecule has 0 unspecified atom stereocenters. The van der Waals surface area contributed by atoms with Crippen LogP contribution in [-0.4, -0.2) is 21.5 Å². The zero-order valence-corrected chi connectivity index (χ0v) is 15.5.